The van der Waals surface area contributed by atoms with Crippen LogP contribution in [0.3, 0.4) is 0 Å². The highest BCUT2D eigenvalue weighted by molar-refractivity contribution is 9.09. The lowest BCUT2D eigenvalue weighted by Gasteiger charge is -1.89. The molecule has 0 spiro atoms. The van der Waals surface area contributed by atoms with Crippen LogP contribution in [-0.4, -0.2) is 5.33 Å². The largest absolute Gasteiger partial charge is 0.0944 e. The minimum atomic E-state index is 0.874. The first-order chi connectivity index (χ1) is 6.91. The standard InChI is InChI=1S/C13H19Br/c1-2-3-4-5-6-7-8-9-10-11-12-13-14/h6-7,11-12H,2-5,8,13H2,1H3. The van der Waals surface area contributed by atoms with Gasteiger partial charge in [-0.25, -0.2) is 0 Å². The van der Waals surface area contributed by atoms with Gasteiger partial charge in [0.2, 0.25) is 0 Å². The average molecular weight is 255 g/mol. The summed E-state index contributed by atoms with van der Waals surface area (Å²) in [6.45, 7) is 2.23. The summed E-state index contributed by atoms with van der Waals surface area (Å²) >= 11 is 3.30. The summed E-state index contributed by atoms with van der Waals surface area (Å²) in [6, 6.07) is 0. The van der Waals surface area contributed by atoms with E-state index in [1.165, 1.54) is 25.7 Å². The van der Waals surface area contributed by atoms with Crippen molar-refractivity contribution in [3.63, 3.8) is 0 Å². The molecule has 0 aromatic heterocycles. The summed E-state index contributed by atoms with van der Waals surface area (Å²) in [6.07, 6.45) is 14.3. The Hall–Kier alpha value is -0.480. The second-order valence-corrected chi connectivity index (χ2v) is 3.70. The van der Waals surface area contributed by atoms with Crippen LogP contribution in [-0.2, 0) is 0 Å². The van der Waals surface area contributed by atoms with Crippen molar-refractivity contribution in [2.45, 2.75) is 39.0 Å². The van der Waals surface area contributed by atoms with Gasteiger partial charge in [-0.2, -0.15) is 0 Å². The molecule has 78 valence electrons. The third-order valence-electron chi connectivity index (χ3n) is 1.75. The van der Waals surface area contributed by atoms with Gasteiger partial charge in [-0.1, -0.05) is 65.8 Å². The number of hydrogen-bond donors (Lipinski definition) is 0. The lowest BCUT2D eigenvalue weighted by molar-refractivity contribution is 0.728. The molecule has 0 nitrogen and oxygen atoms in total. The molecule has 0 rings (SSSR count). The minimum Gasteiger partial charge on any atom is -0.0944 e. The number of unbranched alkanes of at least 4 members (excludes halogenated alkanes) is 3. The van der Waals surface area contributed by atoms with E-state index in [0.29, 0.717) is 0 Å². The molecular formula is C13H19Br. The highest BCUT2D eigenvalue weighted by Gasteiger charge is 1.80. The first kappa shape index (κ1) is 13.5. The fraction of sp³-hybridized carbons (Fsp3) is 0.538. The van der Waals surface area contributed by atoms with E-state index in [0.717, 1.165) is 11.8 Å². The van der Waals surface area contributed by atoms with Crippen molar-refractivity contribution in [1.82, 2.24) is 0 Å². The van der Waals surface area contributed by atoms with Crippen molar-refractivity contribution in [2.24, 2.45) is 0 Å². The molecule has 0 saturated heterocycles. The van der Waals surface area contributed by atoms with Crippen molar-refractivity contribution in [1.29, 1.82) is 0 Å². The van der Waals surface area contributed by atoms with E-state index in [4.69, 9.17) is 0 Å². The van der Waals surface area contributed by atoms with Gasteiger partial charge in [0.05, 0.1) is 0 Å². The summed E-state index contributed by atoms with van der Waals surface area (Å²) in [7, 11) is 0. The summed E-state index contributed by atoms with van der Waals surface area (Å²) in [5.41, 5.74) is 0. The molecule has 14 heavy (non-hydrogen) atoms. The van der Waals surface area contributed by atoms with Gasteiger partial charge in [-0.3, -0.25) is 0 Å². The molecule has 0 unspecified atom stereocenters. The van der Waals surface area contributed by atoms with Crippen molar-refractivity contribution in [3.8, 4) is 11.8 Å². The fourth-order valence-electron chi connectivity index (χ4n) is 0.994. The van der Waals surface area contributed by atoms with E-state index >= 15 is 0 Å². The quantitative estimate of drug-likeness (QED) is 0.284. The van der Waals surface area contributed by atoms with Crippen molar-refractivity contribution in [2.75, 3.05) is 5.33 Å². The molecular weight excluding hydrogens is 236 g/mol. The lowest BCUT2D eigenvalue weighted by Crippen LogP contribution is -1.70. The molecule has 0 heterocycles. The number of allylic oxidation sites excluding steroid dienone is 4. The predicted molar refractivity (Wildman–Crippen MR) is 68.6 cm³/mol. The minimum absolute atomic E-state index is 0.874. The molecule has 0 atom stereocenters. The van der Waals surface area contributed by atoms with Crippen LogP contribution in [0, 0.1) is 11.8 Å². The number of rotatable bonds is 6. The van der Waals surface area contributed by atoms with E-state index < -0.39 is 0 Å². The zero-order chi connectivity index (χ0) is 10.5. The van der Waals surface area contributed by atoms with Gasteiger partial charge >= 0.3 is 0 Å². The molecule has 0 aromatic carbocycles. The maximum Gasteiger partial charge on any atom is 0.0273 e. The predicted octanol–water partition coefficient (Wildman–Crippen LogP) is 4.47. The monoisotopic (exact) mass is 254 g/mol. The van der Waals surface area contributed by atoms with Crippen LogP contribution in [0.5, 0.6) is 0 Å². The number of alkyl halides is 1. The van der Waals surface area contributed by atoms with Crippen LogP contribution in [0.2, 0.25) is 0 Å². The van der Waals surface area contributed by atoms with E-state index in [2.05, 4.69) is 46.8 Å². The molecule has 0 aliphatic heterocycles. The maximum absolute atomic E-state index is 3.30. The summed E-state index contributed by atoms with van der Waals surface area (Å²) in [5, 5.41) is 0.883. The van der Waals surface area contributed by atoms with Crippen LogP contribution >= 0.6 is 15.9 Å². The van der Waals surface area contributed by atoms with Crippen molar-refractivity contribution in [3.05, 3.63) is 24.3 Å². The first-order valence-corrected chi connectivity index (χ1v) is 6.38. The van der Waals surface area contributed by atoms with Gasteiger partial charge in [0.1, 0.15) is 0 Å². The summed E-state index contributed by atoms with van der Waals surface area (Å²) in [5.74, 6) is 6.04. The summed E-state index contributed by atoms with van der Waals surface area (Å²) in [4.78, 5) is 0. The molecule has 0 aromatic rings. The Balaban J connectivity index is 3.32. The third-order valence-corrected chi connectivity index (χ3v) is 2.13. The zero-order valence-corrected chi connectivity index (χ0v) is 10.5. The molecule has 0 saturated carbocycles. The molecule has 0 radical (unpaired) electrons. The Morgan fingerprint density at radius 1 is 1.14 bits per heavy atom. The van der Waals surface area contributed by atoms with Gasteiger partial charge < -0.3 is 0 Å². The molecule has 0 bridgehead atoms. The SMILES string of the molecule is CCCCCC=CCC#CC=CCBr. The van der Waals surface area contributed by atoms with E-state index in [9.17, 15) is 0 Å². The van der Waals surface area contributed by atoms with Gasteiger partial charge in [-0.05, 0) is 18.9 Å². The number of halogens is 1. The highest BCUT2D eigenvalue weighted by Crippen LogP contribution is 1.99. The van der Waals surface area contributed by atoms with Crippen LogP contribution in [0.4, 0.5) is 0 Å². The smallest absolute Gasteiger partial charge is 0.0273 e. The zero-order valence-electron chi connectivity index (χ0n) is 8.93. The second kappa shape index (κ2) is 12.5. The third kappa shape index (κ3) is 11.5. The fourth-order valence-corrected chi connectivity index (χ4v) is 1.18. The topological polar surface area (TPSA) is 0 Å². The van der Waals surface area contributed by atoms with Crippen LogP contribution in [0.1, 0.15) is 39.0 Å². The normalized spacial score (nSPS) is 10.7. The molecule has 1 heteroatoms. The van der Waals surface area contributed by atoms with Crippen molar-refractivity contribution < 1.29 is 0 Å². The average Bonchev–Trinajstić information content (AvgIpc) is 2.21. The van der Waals surface area contributed by atoms with Crippen LogP contribution in [0.25, 0.3) is 0 Å². The molecule has 0 N–H and O–H groups in total. The Kier molecular flexibility index (Phi) is 12.1. The maximum atomic E-state index is 3.30. The molecule has 0 fully saturated rings. The highest BCUT2D eigenvalue weighted by atomic mass is 79.9. The molecule has 0 amide bonds. The van der Waals surface area contributed by atoms with Crippen molar-refractivity contribution >= 4 is 15.9 Å². The number of hydrogen-bond acceptors (Lipinski definition) is 0. The van der Waals surface area contributed by atoms with Gasteiger partial charge in [-0.15, -0.1) is 0 Å². The first-order valence-electron chi connectivity index (χ1n) is 5.26. The van der Waals surface area contributed by atoms with E-state index in [-0.39, 0.29) is 0 Å². The molecule has 0 aliphatic carbocycles. The Morgan fingerprint density at radius 2 is 2.00 bits per heavy atom. The van der Waals surface area contributed by atoms with E-state index in [1.54, 1.807) is 0 Å². The Bertz CT molecular complexity index is 215. The van der Waals surface area contributed by atoms with Crippen LogP contribution in [0.15, 0.2) is 24.3 Å². The van der Waals surface area contributed by atoms with Gasteiger partial charge in [0, 0.05) is 11.8 Å². The Morgan fingerprint density at radius 3 is 2.71 bits per heavy atom. The van der Waals surface area contributed by atoms with Crippen LogP contribution < -0.4 is 0 Å². The van der Waals surface area contributed by atoms with Gasteiger partial charge in [0.25, 0.3) is 0 Å². The second-order valence-electron chi connectivity index (χ2n) is 3.05. The Labute approximate surface area is 96.6 Å². The summed E-state index contributed by atoms with van der Waals surface area (Å²) < 4.78 is 0. The lowest BCUT2D eigenvalue weighted by atomic mass is 10.2. The molecule has 0 aliphatic rings. The van der Waals surface area contributed by atoms with Gasteiger partial charge in [0.15, 0.2) is 0 Å². The van der Waals surface area contributed by atoms with E-state index in [1.807, 2.05) is 12.2 Å².